The number of nitrogens with one attached hydrogen (secondary N) is 1. The van der Waals surface area contributed by atoms with Gasteiger partial charge in [-0.25, -0.2) is 0 Å². The Balaban J connectivity index is 2.04. The van der Waals surface area contributed by atoms with E-state index in [1.54, 1.807) is 12.1 Å². The first-order chi connectivity index (χ1) is 13.5. The fourth-order valence-electron chi connectivity index (χ4n) is 2.47. The summed E-state index contributed by atoms with van der Waals surface area (Å²) in [6.07, 6.45) is 0.238. The molecule has 0 aliphatic heterocycles. The van der Waals surface area contributed by atoms with Crippen molar-refractivity contribution < 1.29 is 27.8 Å². The van der Waals surface area contributed by atoms with Crippen LogP contribution < -0.4 is 10.1 Å². The van der Waals surface area contributed by atoms with Gasteiger partial charge in [0.15, 0.2) is 0 Å². The van der Waals surface area contributed by atoms with E-state index in [-0.39, 0.29) is 29.8 Å². The number of rotatable bonds is 10. The van der Waals surface area contributed by atoms with Gasteiger partial charge in [-0.15, -0.1) is 0 Å². The van der Waals surface area contributed by atoms with Crippen LogP contribution in [-0.4, -0.2) is 37.1 Å². The topological polar surface area (TPSA) is 64.6 Å². The highest BCUT2D eigenvalue weighted by Crippen LogP contribution is 2.25. The van der Waals surface area contributed by atoms with Crippen LogP contribution in [0.4, 0.5) is 8.78 Å². The fourth-order valence-corrected chi connectivity index (χ4v) is 3.20. The van der Waals surface area contributed by atoms with Gasteiger partial charge >= 0.3 is 12.6 Å². The van der Waals surface area contributed by atoms with Crippen LogP contribution in [-0.2, 0) is 14.3 Å². The van der Waals surface area contributed by atoms with Crippen molar-refractivity contribution in [3.05, 3.63) is 65.7 Å². The number of amides is 1. The monoisotopic (exact) mass is 409 g/mol. The molecule has 0 saturated carbocycles. The van der Waals surface area contributed by atoms with Crippen molar-refractivity contribution in [2.24, 2.45) is 0 Å². The molecule has 0 heterocycles. The number of benzene rings is 2. The molecule has 1 N–H and O–H groups in total. The number of ether oxygens (including phenoxy) is 2. The van der Waals surface area contributed by atoms with Gasteiger partial charge in [0.05, 0.1) is 25.3 Å². The highest BCUT2D eigenvalue weighted by atomic mass is 32.2. The summed E-state index contributed by atoms with van der Waals surface area (Å²) < 4.78 is 33.6. The van der Waals surface area contributed by atoms with Crippen LogP contribution in [0, 0.1) is 0 Å². The summed E-state index contributed by atoms with van der Waals surface area (Å²) >= 11 is 1.33. The molecule has 0 aliphatic rings. The third-order valence-electron chi connectivity index (χ3n) is 3.79. The largest absolute Gasteiger partial charge is 0.469 e. The Morgan fingerprint density at radius 2 is 1.68 bits per heavy atom. The first-order valence-electron chi connectivity index (χ1n) is 8.53. The van der Waals surface area contributed by atoms with Crippen LogP contribution in [0.25, 0.3) is 0 Å². The molecule has 0 aromatic heterocycles. The number of hydrogen-bond donors (Lipinski definition) is 1. The van der Waals surface area contributed by atoms with E-state index in [0.29, 0.717) is 5.75 Å². The Hall–Kier alpha value is -2.61. The predicted molar refractivity (Wildman–Crippen MR) is 103 cm³/mol. The molecule has 0 bridgehead atoms. The molecule has 0 spiro atoms. The molecule has 2 aromatic rings. The quantitative estimate of drug-likeness (QED) is 0.478. The molecule has 150 valence electrons. The standard InChI is InChI=1S/C20H21F2NO4S/c1-26-18(25)11-12-28-13-17(24)23-19(14-5-3-2-4-6-14)15-7-9-16(10-8-15)27-20(21)22/h2-10,19-20H,11-13H2,1H3,(H,23,24)/t19-/m1/s1. The van der Waals surface area contributed by atoms with Gasteiger partial charge < -0.3 is 14.8 Å². The summed E-state index contributed by atoms with van der Waals surface area (Å²) in [6.45, 7) is -2.89. The van der Waals surface area contributed by atoms with Gasteiger partial charge in [0, 0.05) is 5.75 Å². The van der Waals surface area contributed by atoms with Crippen molar-refractivity contribution in [2.45, 2.75) is 19.1 Å². The summed E-state index contributed by atoms with van der Waals surface area (Å²) in [7, 11) is 1.32. The van der Waals surface area contributed by atoms with Crippen LogP contribution in [0.1, 0.15) is 23.6 Å². The van der Waals surface area contributed by atoms with E-state index in [4.69, 9.17) is 0 Å². The molecule has 8 heteroatoms. The van der Waals surface area contributed by atoms with Gasteiger partial charge in [-0.3, -0.25) is 9.59 Å². The highest BCUT2D eigenvalue weighted by Gasteiger charge is 2.17. The number of alkyl halides is 2. The number of halogens is 2. The van der Waals surface area contributed by atoms with E-state index < -0.39 is 12.7 Å². The second-order valence-corrected chi connectivity index (χ2v) is 6.84. The van der Waals surface area contributed by atoms with Crippen molar-refractivity contribution in [1.82, 2.24) is 5.32 Å². The zero-order chi connectivity index (χ0) is 20.4. The van der Waals surface area contributed by atoms with Crippen LogP contribution in [0.15, 0.2) is 54.6 Å². The molecule has 5 nitrogen and oxygen atoms in total. The molecule has 0 radical (unpaired) electrons. The molecule has 0 fully saturated rings. The Morgan fingerprint density at radius 1 is 1.04 bits per heavy atom. The summed E-state index contributed by atoms with van der Waals surface area (Å²) in [5.74, 6) is 0.205. The van der Waals surface area contributed by atoms with E-state index in [0.717, 1.165) is 11.1 Å². The van der Waals surface area contributed by atoms with Crippen molar-refractivity contribution in [3.63, 3.8) is 0 Å². The van der Waals surface area contributed by atoms with E-state index in [1.165, 1.54) is 31.0 Å². The average Bonchev–Trinajstić information content (AvgIpc) is 2.70. The lowest BCUT2D eigenvalue weighted by Gasteiger charge is -2.20. The SMILES string of the molecule is COC(=O)CCSCC(=O)N[C@H](c1ccccc1)c1ccc(OC(F)F)cc1. The van der Waals surface area contributed by atoms with Crippen LogP contribution in [0.5, 0.6) is 5.75 Å². The first-order valence-corrected chi connectivity index (χ1v) is 9.68. The van der Waals surface area contributed by atoms with E-state index in [2.05, 4.69) is 14.8 Å². The van der Waals surface area contributed by atoms with Gasteiger partial charge in [0.2, 0.25) is 5.91 Å². The number of methoxy groups -OCH3 is 1. The third-order valence-corrected chi connectivity index (χ3v) is 4.75. The van der Waals surface area contributed by atoms with E-state index >= 15 is 0 Å². The van der Waals surface area contributed by atoms with Crippen LogP contribution >= 0.6 is 11.8 Å². The van der Waals surface area contributed by atoms with E-state index in [9.17, 15) is 18.4 Å². The minimum Gasteiger partial charge on any atom is -0.469 e. The number of thioether (sulfide) groups is 1. The molecule has 28 heavy (non-hydrogen) atoms. The van der Waals surface area contributed by atoms with Crippen molar-refractivity contribution in [3.8, 4) is 5.75 Å². The van der Waals surface area contributed by atoms with Gasteiger partial charge in [-0.2, -0.15) is 20.5 Å². The summed E-state index contributed by atoms with van der Waals surface area (Å²) in [5, 5.41) is 2.95. The van der Waals surface area contributed by atoms with Gasteiger partial charge in [-0.1, -0.05) is 42.5 Å². The second-order valence-electron chi connectivity index (χ2n) is 5.74. The Labute approximate surface area is 166 Å². The summed E-state index contributed by atoms with van der Waals surface area (Å²) in [5.41, 5.74) is 1.60. The molecule has 2 aromatic carbocycles. The predicted octanol–water partition coefficient (Wildman–Crippen LogP) is 3.79. The van der Waals surface area contributed by atoms with Crippen molar-refractivity contribution >= 4 is 23.6 Å². The van der Waals surface area contributed by atoms with Crippen molar-refractivity contribution in [1.29, 1.82) is 0 Å². The van der Waals surface area contributed by atoms with Crippen LogP contribution in [0.3, 0.4) is 0 Å². The molecule has 1 amide bonds. The molecule has 0 unspecified atom stereocenters. The maximum atomic E-state index is 12.4. The number of hydrogen-bond acceptors (Lipinski definition) is 5. The van der Waals surface area contributed by atoms with Gasteiger partial charge in [0.1, 0.15) is 5.75 Å². The normalized spacial score (nSPS) is 11.7. The zero-order valence-corrected chi connectivity index (χ0v) is 16.1. The molecule has 1 atom stereocenters. The summed E-state index contributed by atoms with van der Waals surface area (Å²) in [4.78, 5) is 23.5. The number of carbonyl (C=O) groups is 2. The minimum atomic E-state index is -2.89. The summed E-state index contributed by atoms with van der Waals surface area (Å²) in [6, 6.07) is 15.0. The number of esters is 1. The van der Waals surface area contributed by atoms with Crippen LogP contribution in [0.2, 0.25) is 0 Å². The highest BCUT2D eigenvalue weighted by molar-refractivity contribution is 7.99. The zero-order valence-electron chi connectivity index (χ0n) is 15.3. The maximum absolute atomic E-state index is 12.4. The lowest BCUT2D eigenvalue weighted by molar-refractivity contribution is -0.140. The third kappa shape index (κ3) is 7.19. The Morgan fingerprint density at radius 3 is 2.29 bits per heavy atom. The molecule has 0 saturated heterocycles. The molecular formula is C20H21F2NO4S. The molecular weight excluding hydrogens is 388 g/mol. The minimum absolute atomic E-state index is 0.0512. The lowest BCUT2D eigenvalue weighted by atomic mass is 9.98. The van der Waals surface area contributed by atoms with E-state index in [1.807, 2.05) is 30.3 Å². The number of carbonyl (C=O) groups excluding carboxylic acids is 2. The van der Waals surface area contributed by atoms with Gasteiger partial charge in [-0.05, 0) is 23.3 Å². The average molecular weight is 409 g/mol. The van der Waals surface area contributed by atoms with Gasteiger partial charge in [0.25, 0.3) is 0 Å². The molecule has 0 aliphatic carbocycles. The smallest absolute Gasteiger partial charge is 0.387 e. The fraction of sp³-hybridized carbons (Fsp3) is 0.300. The second kappa shape index (κ2) is 11.3. The maximum Gasteiger partial charge on any atom is 0.387 e. The Bertz CT molecular complexity index is 757. The van der Waals surface area contributed by atoms with Crippen molar-refractivity contribution in [2.75, 3.05) is 18.6 Å². The molecule has 2 rings (SSSR count). The lowest BCUT2D eigenvalue weighted by Crippen LogP contribution is -2.30. The first kappa shape index (κ1) is 21.7. The Kier molecular flexibility index (Phi) is 8.74.